The minimum absolute atomic E-state index is 0.124. The van der Waals surface area contributed by atoms with Crippen LogP contribution >= 0.6 is 0 Å². The number of fused-ring (bicyclic) bond motifs is 2. The Kier molecular flexibility index (Phi) is 9.02. The van der Waals surface area contributed by atoms with E-state index in [9.17, 15) is 10.2 Å². The summed E-state index contributed by atoms with van der Waals surface area (Å²) >= 11 is 0. The topological polar surface area (TPSA) is 83.9 Å². The Morgan fingerprint density at radius 3 is 1.30 bits per heavy atom. The number of phenolic OH excluding ortho intramolecular Hbond substituents is 2. The first-order valence-corrected chi connectivity index (χ1v) is 15.8. The Morgan fingerprint density at radius 2 is 0.935 bits per heavy atom. The van der Waals surface area contributed by atoms with E-state index in [1.165, 1.54) is 22.3 Å². The fourth-order valence-electron chi connectivity index (χ4n) is 7.14. The normalized spacial score (nSPS) is 18.0. The van der Waals surface area contributed by atoms with Crippen LogP contribution in [0.3, 0.4) is 0 Å². The predicted molar refractivity (Wildman–Crippen MR) is 180 cm³/mol. The van der Waals surface area contributed by atoms with Crippen molar-refractivity contribution in [2.45, 2.75) is 37.8 Å². The maximum atomic E-state index is 11.1. The Morgan fingerprint density at radius 1 is 0.565 bits per heavy atom. The second-order valence-corrected chi connectivity index (χ2v) is 12.4. The third-order valence-electron chi connectivity index (χ3n) is 9.81. The van der Waals surface area contributed by atoms with Gasteiger partial charge in [-0.25, -0.2) is 0 Å². The number of ether oxygens (including phenoxy) is 4. The van der Waals surface area contributed by atoms with Crippen molar-refractivity contribution in [1.29, 1.82) is 0 Å². The highest BCUT2D eigenvalue weighted by Gasteiger charge is 2.29. The van der Waals surface area contributed by atoms with E-state index in [1.807, 2.05) is 24.3 Å². The van der Waals surface area contributed by atoms with Crippen LogP contribution in [0.5, 0.6) is 34.5 Å². The minimum Gasteiger partial charge on any atom is -0.507 e. The van der Waals surface area contributed by atoms with E-state index in [0.717, 1.165) is 72.9 Å². The van der Waals surface area contributed by atoms with Gasteiger partial charge in [-0.1, -0.05) is 12.1 Å². The summed E-state index contributed by atoms with van der Waals surface area (Å²) in [5, 5.41) is 22.1. The molecule has 0 radical (unpaired) electrons. The molecule has 0 saturated carbocycles. The Bertz CT molecular complexity index is 1610. The maximum absolute atomic E-state index is 11.1. The average Bonchev–Trinajstić information content (AvgIpc) is 3.07. The van der Waals surface area contributed by atoms with E-state index in [1.54, 1.807) is 40.6 Å². The standard InChI is InChI=1S/C38H44N2O6/c1-39-13-11-25-19-35(43-3)37(45-5)21-27(25)31(39)17-23-7-9-33(41)29(15-23)30-16-24(8-10-34(30)42)18-32-28-22-38(46-6)36(44-4)20-26(28)12-14-40(32)2/h7-10,15-16,19-22,31-32,41-42H,11-14,17-18H2,1-6H3/t31-,32-/m1/s1. The van der Waals surface area contributed by atoms with Crippen molar-refractivity contribution in [3.63, 3.8) is 0 Å². The van der Waals surface area contributed by atoms with Gasteiger partial charge in [0.25, 0.3) is 0 Å². The monoisotopic (exact) mass is 624 g/mol. The van der Waals surface area contributed by atoms with Crippen LogP contribution in [0.25, 0.3) is 11.1 Å². The Hall–Kier alpha value is -4.40. The number of phenols is 2. The van der Waals surface area contributed by atoms with Crippen LogP contribution in [0.15, 0.2) is 60.7 Å². The molecule has 0 aliphatic carbocycles. The number of hydrogen-bond donors (Lipinski definition) is 2. The van der Waals surface area contributed by atoms with Crippen molar-refractivity contribution in [3.8, 4) is 45.6 Å². The summed E-state index contributed by atoms with van der Waals surface area (Å²) in [4.78, 5) is 4.73. The number of nitrogens with zero attached hydrogens (tertiary/aromatic N) is 2. The SMILES string of the molecule is COc1cc2c(cc1OC)[C@@H](Cc1ccc(O)c(-c3cc(C[C@@H]4c5cc(OC)c(OC)cc5CCN4C)ccc3O)c1)N(C)CC2. The molecule has 0 saturated heterocycles. The summed E-state index contributed by atoms with van der Waals surface area (Å²) in [7, 11) is 11.0. The number of rotatable bonds is 9. The van der Waals surface area contributed by atoms with E-state index in [0.29, 0.717) is 11.1 Å². The summed E-state index contributed by atoms with van der Waals surface area (Å²) in [5.74, 6) is 3.20. The first kappa shape index (κ1) is 31.6. The van der Waals surface area contributed by atoms with Gasteiger partial charge >= 0.3 is 0 Å². The lowest BCUT2D eigenvalue weighted by Gasteiger charge is -2.35. The highest BCUT2D eigenvalue weighted by Crippen LogP contribution is 2.43. The first-order chi connectivity index (χ1) is 22.2. The quantitative estimate of drug-likeness (QED) is 0.223. The minimum atomic E-state index is 0.124. The van der Waals surface area contributed by atoms with Crippen LogP contribution in [0.4, 0.5) is 0 Å². The lowest BCUT2D eigenvalue weighted by Crippen LogP contribution is -2.33. The first-order valence-electron chi connectivity index (χ1n) is 15.8. The fourth-order valence-corrected chi connectivity index (χ4v) is 7.14. The van der Waals surface area contributed by atoms with E-state index >= 15 is 0 Å². The van der Waals surface area contributed by atoms with Gasteiger partial charge in [-0.15, -0.1) is 0 Å². The van der Waals surface area contributed by atoms with Gasteiger partial charge in [0.15, 0.2) is 23.0 Å². The van der Waals surface area contributed by atoms with Gasteiger partial charge in [0.2, 0.25) is 0 Å². The number of methoxy groups -OCH3 is 4. The van der Waals surface area contributed by atoms with E-state index in [2.05, 4.69) is 48.2 Å². The molecule has 6 rings (SSSR count). The van der Waals surface area contributed by atoms with Gasteiger partial charge in [-0.05, 0) is 122 Å². The van der Waals surface area contributed by atoms with Gasteiger partial charge in [0, 0.05) is 36.3 Å². The molecular weight excluding hydrogens is 580 g/mol. The second-order valence-electron chi connectivity index (χ2n) is 12.4. The van der Waals surface area contributed by atoms with Crippen molar-refractivity contribution in [3.05, 3.63) is 94.0 Å². The summed E-state index contributed by atoms with van der Waals surface area (Å²) in [6.45, 7) is 1.86. The third kappa shape index (κ3) is 5.95. The number of hydrogen-bond acceptors (Lipinski definition) is 8. The molecule has 46 heavy (non-hydrogen) atoms. The molecule has 4 aromatic rings. The lowest BCUT2D eigenvalue weighted by atomic mass is 9.87. The summed E-state index contributed by atoms with van der Waals surface area (Å²) in [6, 6.07) is 20.1. The zero-order valence-corrected chi connectivity index (χ0v) is 27.6. The number of likely N-dealkylation sites (N-methyl/N-ethyl adjacent to an activating group) is 2. The molecule has 2 N–H and O–H groups in total. The second kappa shape index (κ2) is 13.1. The third-order valence-corrected chi connectivity index (χ3v) is 9.81. The van der Waals surface area contributed by atoms with Gasteiger partial charge in [0.05, 0.1) is 28.4 Å². The fraction of sp³-hybridized carbons (Fsp3) is 0.368. The Labute approximate surface area is 271 Å². The zero-order valence-electron chi connectivity index (χ0n) is 27.6. The van der Waals surface area contributed by atoms with Crippen LogP contribution < -0.4 is 18.9 Å². The molecule has 0 unspecified atom stereocenters. The van der Waals surface area contributed by atoms with Gasteiger partial charge in [0.1, 0.15) is 11.5 Å². The molecule has 8 heteroatoms. The summed E-state index contributed by atoms with van der Waals surface area (Å²) in [6.07, 6.45) is 3.35. The molecule has 0 amide bonds. The van der Waals surface area contributed by atoms with Crippen molar-refractivity contribution in [1.82, 2.24) is 9.80 Å². The molecule has 0 fully saturated rings. The average molecular weight is 625 g/mol. The largest absolute Gasteiger partial charge is 0.507 e. The molecule has 2 heterocycles. The Balaban J connectivity index is 1.31. The van der Waals surface area contributed by atoms with Crippen molar-refractivity contribution >= 4 is 0 Å². The van der Waals surface area contributed by atoms with E-state index in [4.69, 9.17) is 18.9 Å². The smallest absolute Gasteiger partial charge is 0.161 e. The number of aromatic hydroxyl groups is 2. The molecule has 0 spiro atoms. The van der Waals surface area contributed by atoms with Crippen molar-refractivity contribution < 1.29 is 29.2 Å². The molecule has 2 atom stereocenters. The summed E-state index contributed by atoms with van der Waals surface area (Å²) < 4.78 is 22.4. The van der Waals surface area contributed by atoms with Crippen LogP contribution in [-0.2, 0) is 25.7 Å². The summed E-state index contributed by atoms with van der Waals surface area (Å²) in [5.41, 5.74) is 8.33. The van der Waals surface area contributed by atoms with Gasteiger partial charge < -0.3 is 29.2 Å². The molecular formula is C38H44N2O6. The highest BCUT2D eigenvalue weighted by atomic mass is 16.5. The molecule has 0 aromatic heterocycles. The zero-order chi connectivity index (χ0) is 32.5. The van der Waals surface area contributed by atoms with Crippen molar-refractivity contribution in [2.75, 3.05) is 55.6 Å². The van der Waals surface area contributed by atoms with Crippen molar-refractivity contribution in [2.24, 2.45) is 0 Å². The van der Waals surface area contributed by atoms with Crippen LogP contribution in [0.1, 0.15) is 45.5 Å². The molecule has 2 aliphatic rings. The van der Waals surface area contributed by atoms with Gasteiger partial charge in [-0.3, -0.25) is 9.80 Å². The maximum Gasteiger partial charge on any atom is 0.161 e. The predicted octanol–water partition coefficient (Wildman–Crippen LogP) is 6.34. The highest BCUT2D eigenvalue weighted by molar-refractivity contribution is 5.76. The van der Waals surface area contributed by atoms with Crippen LogP contribution in [0, 0.1) is 0 Å². The molecule has 242 valence electrons. The number of benzene rings is 4. The van der Waals surface area contributed by atoms with Crippen LogP contribution in [0.2, 0.25) is 0 Å². The lowest BCUT2D eigenvalue weighted by molar-refractivity contribution is 0.228. The van der Waals surface area contributed by atoms with E-state index < -0.39 is 0 Å². The van der Waals surface area contributed by atoms with Gasteiger partial charge in [-0.2, -0.15) is 0 Å². The van der Waals surface area contributed by atoms with Crippen LogP contribution in [-0.4, -0.2) is 75.6 Å². The molecule has 4 aromatic carbocycles. The molecule has 0 bridgehead atoms. The molecule has 8 nitrogen and oxygen atoms in total. The molecule has 2 aliphatic heterocycles. The van der Waals surface area contributed by atoms with E-state index in [-0.39, 0.29) is 23.6 Å².